The summed E-state index contributed by atoms with van der Waals surface area (Å²) in [6.07, 6.45) is 2.05. The van der Waals surface area contributed by atoms with Gasteiger partial charge in [-0.1, -0.05) is 46.9 Å². The third kappa shape index (κ3) is 2.95. The summed E-state index contributed by atoms with van der Waals surface area (Å²) in [6, 6.07) is 5.99. The highest BCUT2D eigenvalue weighted by Crippen LogP contribution is 2.28. The van der Waals surface area contributed by atoms with Crippen LogP contribution >= 0.6 is 27.5 Å². The molecule has 0 heterocycles. The van der Waals surface area contributed by atoms with E-state index in [4.69, 9.17) is 17.4 Å². The summed E-state index contributed by atoms with van der Waals surface area (Å²) in [5.41, 5.74) is 3.83. The van der Waals surface area contributed by atoms with Gasteiger partial charge in [-0.15, -0.1) is 0 Å². The van der Waals surface area contributed by atoms with Crippen LogP contribution in [0.3, 0.4) is 0 Å². The summed E-state index contributed by atoms with van der Waals surface area (Å²) in [4.78, 5) is 0. The van der Waals surface area contributed by atoms with Crippen LogP contribution in [0, 0.1) is 0 Å². The van der Waals surface area contributed by atoms with E-state index in [0.29, 0.717) is 0 Å². The molecule has 1 atom stereocenters. The van der Waals surface area contributed by atoms with Crippen LogP contribution in [0.5, 0.6) is 0 Å². The van der Waals surface area contributed by atoms with Crippen molar-refractivity contribution in [3.8, 4) is 0 Å². The zero-order chi connectivity index (χ0) is 10.6. The fourth-order valence-corrected chi connectivity index (χ4v) is 2.21. The van der Waals surface area contributed by atoms with E-state index in [1.165, 1.54) is 0 Å². The Morgan fingerprint density at radius 3 is 2.79 bits per heavy atom. The van der Waals surface area contributed by atoms with Gasteiger partial charge in [0.2, 0.25) is 0 Å². The van der Waals surface area contributed by atoms with Crippen LogP contribution in [0.4, 0.5) is 0 Å². The number of rotatable bonds is 4. The predicted octanol–water partition coefficient (Wildman–Crippen LogP) is 3.41. The summed E-state index contributed by atoms with van der Waals surface area (Å²) in [5.74, 6) is 5.48. The minimum atomic E-state index is 0.139. The van der Waals surface area contributed by atoms with Crippen molar-refractivity contribution in [1.29, 1.82) is 0 Å². The maximum atomic E-state index is 6.11. The lowest BCUT2D eigenvalue weighted by Crippen LogP contribution is -2.28. The molecule has 0 aliphatic rings. The highest BCUT2D eigenvalue weighted by atomic mass is 79.9. The average Bonchev–Trinajstić information content (AvgIpc) is 2.15. The van der Waals surface area contributed by atoms with Gasteiger partial charge in [-0.2, -0.15) is 0 Å². The van der Waals surface area contributed by atoms with Gasteiger partial charge < -0.3 is 0 Å². The Bertz CT molecular complexity index is 304. The molecule has 78 valence electrons. The Morgan fingerprint density at radius 2 is 2.29 bits per heavy atom. The van der Waals surface area contributed by atoms with E-state index in [-0.39, 0.29) is 6.04 Å². The van der Waals surface area contributed by atoms with Gasteiger partial charge in [0.15, 0.2) is 0 Å². The molecule has 0 fully saturated rings. The maximum Gasteiger partial charge on any atom is 0.0474 e. The number of halogens is 2. The van der Waals surface area contributed by atoms with Crippen molar-refractivity contribution in [3.63, 3.8) is 0 Å². The molecule has 2 nitrogen and oxygen atoms in total. The van der Waals surface area contributed by atoms with Gasteiger partial charge in [-0.05, 0) is 24.1 Å². The lowest BCUT2D eigenvalue weighted by molar-refractivity contribution is 0.510. The third-order valence-electron chi connectivity index (χ3n) is 2.12. The Labute approximate surface area is 97.9 Å². The number of benzene rings is 1. The third-order valence-corrected chi connectivity index (χ3v) is 2.94. The molecule has 0 aromatic heterocycles. The van der Waals surface area contributed by atoms with Crippen molar-refractivity contribution in [2.75, 3.05) is 0 Å². The second-order valence-corrected chi connectivity index (χ2v) is 4.50. The molecular formula is C10H14BrClN2. The first-order valence-electron chi connectivity index (χ1n) is 4.60. The topological polar surface area (TPSA) is 38.0 Å². The van der Waals surface area contributed by atoms with E-state index >= 15 is 0 Å². The van der Waals surface area contributed by atoms with Crippen LogP contribution < -0.4 is 11.3 Å². The van der Waals surface area contributed by atoms with E-state index in [1.807, 2.05) is 18.2 Å². The SMILES string of the molecule is CCCC(NN)c1ccc(Br)cc1Cl. The normalized spacial score (nSPS) is 12.9. The number of hydrogen-bond donors (Lipinski definition) is 2. The summed E-state index contributed by atoms with van der Waals surface area (Å²) in [6.45, 7) is 2.12. The van der Waals surface area contributed by atoms with Gasteiger partial charge in [0.05, 0.1) is 0 Å². The van der Waals surface area contributed by atoms with Crippen LogP contribution in [0.2, 0.25) is 5.02 Å². The largest absolute Gasteiger partial charge is 0.271 e. The van der Waals surface area contributed by atoms with Crippen molar-refractivity contribution < 1.29 is 0 Å². The Hall–Kier alpha value is -0.0900. The van der Waals surface area contributed by atoms with Crippen molar-refractivity contribution in [2.24, 2.45) is 5.84 Å². The zero-order valence-corrected chi connectivity index (χ0v) is 10.4. The second-order valence-electron chi connectivity index (χ2n) is 3.17. The quantitative estimate of drug-likeness (QED) is 0.654. The van der Waals surface area contributed by atoms with E-state index in [2.05, 4.69) is 28.3 Å². The second kappa shape index (κ2) is 5.71. The van der Waals surface area contributed by atoms with Crippen LogP contribution in [0.25, 0.3) is 0 Å². The molecule has 0 aliphatic heterocycles. The molecule has 0 saturated carbocycles. The summed E-state index contributed by atoms with van der Waals surface area (Å²) < 4.78 is 0.985. The lowest BCUT2D eigenvalue weighted by Gasteiger charge is -2.16. The first-order chi connectivity index (χ1) is 6.69. The first-order valence-corrected chi connectivity index (χ1v) is 5.77. The molecule has 0 bridgehead atoms. The van der Waals surface area contributed by atoms with Gasteiger partial charge >= 0.3 is 0 Å². The number of hydrazine groups is 1. The Balaban J connectivity index is 2.92. The van der Waals surface area contributed by atoms with Crippen LogP contribution in [0.15, 0.2) is 22.7 Å². The first kappa shape index (κ1) is 12.0. The van der Waals surface area contributed by atoms with Crippen molar-refractivity contribution in [2.45, 2.75) is 25.8 Å². The highest BCUT2D eigenvalue weighted by molar-refractivity contribution is 9.10. The van der Waals surface area contributed by atoms with E-state index in [9.17, 15) is 0 Å². The van der Waals surface area contributed by atoms with E-state index in [1.54, 1.807) is 0 Å². The molecule has 0 spiro atoms. The fraction of sp³-hybridized carbons (Fsp3) is 0.400. The van der Waals surface area contributed by atoms with Crippen molar-refractivity contribution in [3.05, 3.63) is 33.3 Å². The van der Waals surface area contributed by atoms with Crippen molar-refractivity contribution in [1.82, 2.24) is 5.43 Å². The minimum absolute atomic E-state index is 0.139. The highest BCUT2D eigenvalue weighted by Gasteiger charge is 2.11. The number of nitrogens with one attached hydrogen (secondary N) is 1. The fourth-order valence-electron chi connectivity index (χ4n) is 1.40. The molecule has 0 aliphatic carbocycles. The molecule has 1 unspecified atom stereocenters. The lowest BCUT2D eigenvalue weighted by atomic mass is 10.0. The molecule has 0 amide bonds. The Morgan fingerprint density at radius 1 is 1.57 bits per heavy atom. The van der Waals surface area contributed by atoms with Crippen LogP contribution in [-0.2, 0) is 0 Å². The molecule has 4 heteroatoms. The molecule has 1 aromatic carbocycles. The molecule has 1 aromatic rings. The summed E-state index contributed by atoms with van der Waals surface area (Å²) in [7, 11) is 0. The van der Waals surface area contributed by atoms with Gasteiger partial charge in [0.1, 0.15) is 0 Å². The Kier molecular flexibility index (Phi) is 4.89. The molecule has 0 radical (unpaired) electrons. The van der Waals surface area contributed by atoms with Gasteiger partial charge in [-0.25, -0.2) is 0 Å². The average molecular weight is 278 g/mol. The van der Waals surface area contributed by atoms with Gasteiger partial charge in [0.25, 0.3) is 0 Å². The van der Waals surface area contributed by atoms with E-state index in [0.717, 1.165) is 27.9 Å². The summed E-state index contributed by atoms with van der Waals surface area (Å²) >= 11 is 9.48. The number of hydrogen-bond acceptors (Lipinski definition) is 2. The standard InChI is InChI=1S/C10H14BrClN2/c1-2-3-10(14-13)8-5-4-7(11)6-9(8)12/h4-6,10,14H,2-3,13H2,1H3. The monoisotopic (exact) mass is 276 g/mol. The molecular weight excluding hydrogens is 263 g/mol. The maximum absolute atomic E-state index is 6.11. The molecule has 3 N–H and O–H groups in total. The van der Waals surface area contributed by atoms with Crippen molar-refractivity contribution >= 4 is 27.5 Å². The summed E-state index contributed by atoms with van der Waals surface area (Å²) in [5, 5.41) is 0.746. The van der Waals surface area contributed by atoms with Gasteiger partial charge in [-0.3, -0.25) is 11.3 Å². The number of nitrogens with two attached hydrogens (primary N) is 1. The zero-order valence-electron chi connectivity index (χ0n) is 8.06. The predicted molar refractivity (Wildman–Crippen MR) is 64.1 cm³/mol. The molecule has 14 heavy (non-hydrogen) atoms. The minimum Gasteiger partial charge on any atom is -0.271 e. The van der Waals surface area contributed by atoms with Crippen LogP contribution in [0.1, 0.15) is 31.4 Å². The van der Waals surface area contributed by atoms with Crippen LogP contribution in [-0.4, -0.2) is 0 Å². The smallest absolute Gasteiger partial charge is 0.0474 e. The molecule has 1 rings (SSSR count). The van der Waals surface area contributed by atoms with E-state index < -0.39 is 0 Å². The molecule has 0 saturated heterocycles. The van der Waals surface area contributed by atoms with Gasteiger partial charge in [0, 0.05) is 15.5 Å².